The molecule has 4 heteroatoms. The van der Waals surface area contributed by atoms with Crippen LogP contribution in [0.25, 0.3) is 0 Å². The summed E-state index contributed by atoms with van der Waals surface area (Å²) in [7, 11) is 0. The maximum atomic E-state index is 11.6. The van der Waals surface area contributed by atoms with Gasteiger partial charge in [-0.3, -0.25) is 4.79 Å². The highest BCUT2D eigenvalue weighted by Crippen LogP contribution is 2.39. The van der Waals surface area contributed by atoms with Gasteiger partial charge in [0.15, 0.2) is 0 Å². The number of nitrogens with zero attached hydrogens (tertiary/aromatic N) is 1. The fourth-order valence-corrected chi connectivity index (χ4v) is 2.51. The van der Waals surface area contributed by atoms with Gasteiger partial charge in [0.25, 0.3) is 5.24 Å². The van der Waals surface area contributed by atoms with Crippen LogP contribution < -0.4 is 0 Å². The third-order valence-electron chi connectivity index (χ3n) is 2.44. The summed E-state index contributed by atoms with van der Waals surface area (Å²) in [4.78, 5) is 13.1. The van der Waals surface area contributed by atoms with Crippen LogP contribution in [0.5, 0.6) is 0 Å². The van der Waals surface area contributed by atoms with Crippen LogP contribution in [0.3, 0.4) is 0 Å². The van der Waals surface area contributed by atoms with E-state index in [1.54, 1.807) is 4.90 Å². The summed E-state index contributed by atoms with van der Waals surface area (Å²) >= 11 is 1.22. The number of aliphatic hydroxyl groups is 1. The van der Waals surface area contributed by atoms with Gasteiger partial charge in [0.1, 0.15) is 6.23 Å². The molecule has 1 aliphatic heterocycles. The van der Waals surface area contributed by atoms with E-state index in [4.69, 9.17) is 0 Å². The van der Waals surface area contributed by atoms with Crippen molar-refractivity contribution in [1.29, 1.82) is 0 Å². The molecule has 0 aliphatic carbocycles. The molecule has 0 radical (unpaired) electrons. The van der Waals surface area contributed by atoms with E-state index in [9.17, 15) is 9.90 Å². The Balaban J connectivity index is 2.48. The van der Waals surface area contributed by atoms with Crippen molar-refractivity contribution >= 4 is 17.0 Å². The van der Waals surface area contributed by atoms with Gasteiger partial charge < -0.3 is 10.0 Å². The Labute approximate surface area is 95.5 Å². The van der Waals surface area contributed by atoms with E-state index in [0.29, 0.717) is 6.54 Å². The molecule has 1 N–H and O–H groups in total. The molecule has 1 amide bonds. The fraction of sp³-hybridized carbons (Fsp3) is 0.727. The lowest BCUT2D eigenvalue weighted by molar-refractivity contribution is 0.0270. The van der Waals surface area contributed by atoms with Gasteiger partial charge in [-0.1, -0.05) is 30.8 Å². The first kappa shape index (κ1) is 12.6. The highest BCUT2D eigenvalue weighted by Gasteiger charge is 2.45. The van der Waals surface area contributed by atoms with Gasteiger partial charge in [0.2, 0.25) is 0 Å². The van der Waals surface area contributed by atoms with Gasteiger partial charge in [-0.25, -0.2) is 0 Å². The Bertz CT molecular complexity index is 263. The summed E-state index contributed by atoms with van der Waals surface area (Å²) in [6.45, 7) is 6.46. The van der Waals surface area contributed by atoms with Gasteiger partial charge in [0.05, 0.1) is 4.75 Å². The second-order valence-electron chi connectivity index (χ2n) is 4.21. The molecule has 0 aromatic carbocycles. The minimum absolute atomic E-state index is 0.0163. The van der Waals surface area contributed by atoms with Gasteiger partial charge in [-0.2, -0.15) is 0 Å². The predicted octanol–water partition coefficient (Wildman–Crippen LogP) is 2.61. The number of hydrogen-bond acceptors (Lipinski definition) is 3. The number of hydrogen-bond donors (Lipinski definition) is 1. The van der Waals surface area contributed by atoms with Crippen LogP contribution in [0, 0.1) is 0 Å². The normalized spacial score (nSPS) is 25.5. The predicted molar refractivity (Wildman–Crippen MR) is 63.8 cm³/mol. The zero-order valence-corrected chi connectivity index (χ0v) is 10.4. The number of thioether (sulfide) groups is 1. The summed E-state index contributed by atoms with van der Waals surface area (Å²) < 4.78 is -0.383. The molecule has 1 rings (SSSR count). The van der Waals surface area contributed by atoms with Crippen molar-refractivity contribution < 1.29 is 9.90 Å². The monoisotopic (exact) mass is 229 g/mol. The Morgan fingerprint density at radius 2 is 2.20 bits per heavy atom. The molecule has 0 spiro atoms. The standard InChI is InChI=1S/C11H19NO2S/c1-4-5-6-7-8-12-9(13)11(2,3)15-10(12)14/h5-6,9,13H,4,7-8H2,1-3H3/b6-5+. The molecule has 1 aliphatic rings. The smallest absolute Gasteiger partial charge is 0.284 e. The Hall–Kier alpha value is -0.480. The first-order chi connectivity index (χ1) is 6.99. The summed E-state index contributed by atoms with van der Waals surface area (Å²) in [6, 6.07) is 0. The Kier molecular flexibility index (Phi) is 4.22. The molecule has 0 saturated carbocycles. The highest BCUT2D eigenvalue weighted by atomic mass is 32.2. The number of aliphatic hydroxyl groups excluding tert-OH is 1. The van der Waals surface area contributed by atoms with E-state index in [1.165, 1.54) is 11.8 Å². The van der Waals surface area contributed by atoms with Crippen molar-refractivity contribution in [3.63, 3.8) is 0 Å². The van der Waals surface area contributed by atoms with Crippen LogP contribution >= 0.6 is 11.8 Å². The highest BCUT2D eigenvalue weighted by molar-refractivity contribution is 8.15. The van der Waals surface area contributed by atoms with E-state index in [-0.39, 0.29) is 9.99 Å². The lowest BCUT2D eigenvalue weighted by Crippen LogP contribution is -2.41. The average Bonchev–Trinajstić information content (AvgIpc) is 2.33. The van der Waals surface area contributed by atoms with Crippen molar-refractivity contribution in [3.8, 4) is 0 Å². The molecule has 1 saturated heterocycles. The van der Waals surface area contributed by atoms with Gasteiger partial charge in [-0.15, -0.1) is 0 Å². The fourth-order valence-electron chi connectivity index (χ4n) is 1.52. The summed E-state index contributed by atoms with van der Waals surface area (Å²) in [5.74, 6) is 0. The van der Waals surface area contributed by atoms with Crippen LogP contribution in [0.1, 0.15) is 33.6 Å². The summed E-state index contributed by atoms with van der Waals surface area (Å²) in [5, 5.41) is 9.89. The lowest BCUT2D eigenvalue weighted by Gasteiger charge is -2.25. The molecular weight excluding hydrogens is 210 g/mol. The van der Waals surface area contributed by atoms with Crippen molar-refractivity contribution in [2.75, 3.05) is 6.54 Å². The first-order valence-electron chi connectivity index (χ1n) is 5.31. The third kappa shape index (κ3) is 2.98. The van der Waals surface area contributed by atoms with Gasteiger partial charge in [0, 0.05) is 6.54 Å². The quantitative estimate of drug-likeness (QED) is 0.753. The number of carbonyl (C=O) groups excluding carboxylic acids is 1. The molecule has 1 heterocycles. The minimum atomic E-state index is -0.662. The minimum Gasteiger partial charge on any atom is -0.372 e. The molecule has 86 valence electrons. The number of allylic oxidation sites excluding steroid dienone is 1. The van der Waals surface area contributed by atoms with Crippen LogP contribution in [-0.4, -0.2) is 32.8 Å². The second-order valence-corrected chi connectivity index (χ2v) is 5.81. The van der Waals surface area contributed by atoms with Crippen molar-refractivity contribution in [2.24, 2.45) is 0 Å². The first-order valence-corrected chi connectivity index (χ1v) is 6.13. The summed E-state index contributed by atoms with van der Waals surface area (Å²) in [5.41, 5.74) is 0. The number of carbonyl (C=O) groups is 1. The average molecular weight is 229 g/mol. The number of amides is 1. The maximum Gasteiger partial charge on any atom is 0.284 e. The molecule has 0 aromatic rings. The SMILES string of the molecule is CC/C=C/CCN1C(=O)SC(C)(C)C1O. The van der Waals surface area contributed by atoms with Gasteiger partial charge >= 0.3 is 0 Å². The Morgan fingerprint density at radius 3 is 2.67 bits per heavy atom. The molecule has 1 atom stereocenters. The topological polar surface area (TPSA) is 40.5 Å². The zero-order valence-electron chi connectivity index (χ0n) is 9.56. The summed E-state index contributed by atoms with van der Waals surface area (Å²) in [6.07, 6.45) is 5.29. The van der Waals surface area contributed by atoms with Crippen LogP contribution in [0.15, 0.2) is 12.2 Å². The molecule has 3 nitrogen and oxygen atoms in total. The molecule has 1 fully saturated rings. The lowest BCUT2D eigenvalue weighted by atomic mass is 10.1. The van der Waals surface area contributed by atoms with E-state index in [2.05, 4.69) is 19.1 Å². The Morgan fingerprint density at radius 1 is 1.53 bits per heavy atom. The number of rotatable bonds is 4. The third-order valence-corrected chi connectivity index (χ3v) is 3.59. The van der Waals surface area contributed by atoms with Crippen LogP contribution in [-0.2, 0) is 0 Å². The zero-order chi connectivity index (χ0) is 11.5. The van der Waals surface area contributed by atoms with Gasteiger partial charge in [-0.05, 0) is 26.7 Å². The van der Waals surface area contributed by atoms with E-state index in [1.807, 2.05) is 13.8 Å². The van der Waals surface area contributed by atoms with Crippen molar-refractivity contribution in [3.05, 3.63) is 12.2 Å². The molecule has 15 heavy (non-hydrogen) atoms. The van der Waals surface area contributed by atoms with Crippen molar-refractivity contribution in [2.45, 2.75) is 44.6 Å². The molecule has 1 unspecified atom stereocenters. The molecule has 0 aromatic heterocycles. The van der Waals surface area contributed by atoms with Crippen LogP contribution in [0.2, 0.25) is 0 Å². The largest absolute Gasteiger partial charge is 0.372 e. The van der Waals surface area contributed by atoms with Crippen molar-refractivity contribution in [1.82, 2.24) is 4.90 Å². The molecular formula is C11H19NO2S. The van der Waals surface area contributed by atoms with Crippen LogP contribution in [0.4, 0.5) is 4.79 Å². The molecule has 0 bridgehead atoms. The van der Waals surface area contributed by atoms with E-state index >= 15 is 0 Å². The van der Waals surface area contributed by atoms with E-state index in [0.717, 1.165) is 12.8 Å². The maximum absolute atomic E-state index is 11.6. The van der Waals surface area contributed by atoms with E-state index < -0.39 is 6.23 Å². The second kappa shape index (κ2) is 5.03.